The SMILES string of the molecule is O=C(O)C#Cc1ccc(COc2ccccc2)o1. The number of aliphatic carboxylic acids is 1. The zero-order chi connectivity index (χ0) is 12.8. The third-order valence-corrected chi connectivity index (χ3v) is 2.08. The van der Waals surface area contributed by atoms with Gasteiger partial charge in [-0.05, 0) is 30.2 Å². The minimum absolute atomic E-state index is 0.277. The first kappa shape index (κ1) is 11.8. The average Bonchev–Trinajstić information content (AvgIpc) is 2.83. The van der Waals surface area contributed by atoms with Crippen molar-refractivity contribution in [2.75, 3.05) is 0 Å². The summed E-state index contributed by atoms with van der Waals surface area (Å²) in [5.41, 5.74) is 0. The van der Waals surface area contributed by atoms with E-state index in [2.05, 4.69) is 5.92 Å². The summed E-state index contributed by atoms with van der Waals surface area (Å²) in [5, 5.41) is 8.39. The number of rotatable bonds is 3. The number of hydrogen-bond donors (Lipinski definition) is 1. The van der Waals surface area contributed by atoms with Crippen LogP contribution in [0.15, 0.2) is 46.9 Å². The van der Waals surface area contributed by atoms with Crippen molar-refractivity contribution in [1.82, 2.24) is 0 Å². The highest BCUT2D eigenvalue weighted by molar-refractivity contribution is 5.87. The molecule has 0 unspecified atom stereocenters. The maximum absolute atomic E-state index is 10.3. The first-order valence-corrected chi connectivity index (χ1v) is 5.25. The molecule has 2 aromatic rings. The van der Waals surface area contributed by atoms with Gasteiger partial charge in [-0.25, -0.2) is 4.79 Å². The molecule has 1 aromatic carbocycles. The van der Waals surface area contributed by atoms with Gasteiger partial charge in [-0.1, -0.05) is 18.2 Å². The Morgan fingerprint density at radius 1 is 1.22 bits per heavy atom. The van der Waals surface area contributed by atoms with Crippen molar-refractivity contribution in [3.8, 4) is 17.6 Å². The molecule has 0 bridgehead atoms. The molecule has 1 aromatic heterocycles. The Morgan fingerprint density at radius 2 is 2.00 bits per heavy atom. The fraction of sp³-hybridized carbons (Fsp3) is 0.0714. The number of carbonyl (C=O) groups is 1. The van der Waals surface area contributed by atoms with E-state index in [1.165, 1.54) is 0 Å². The number of carboxylic acids is 1. The number of para-hydroxylation sites is 1. The second-order valence-corrected chi connectivity index (χ2v) is 3.42. The van der Waals surface area contributed by atoms with Crippen LogP contribution in [0.5, 0.6) is 5.75 Å². The standard InChI is InChI=1S/C14H10O4/c15-14(16)9-8-12-6-7-13(18-12)10-17-11-4-2-1-3-5-11/h1-7H,10H2,(H,15,16). The first-order chi connectivity index (χ1) is 8.74. The van der Waals surface area contributed by atoms with Crippen LogP contribution in [-0.4, -0.2) is 11.1 Å². The summed E-state index contributed by atoms with van der Waals surface area (Å²) >= 11 is 0. The molecule has 90 valence electrons. The maximum atomic E-state index is 10.3. The Hall–Kier alpha value is -2.67. The zero-order valence-electron chi connectivity index (χ0n) is 9.42. The minimum Gasteiger partial charge on any atom is -0.486 e. The fourth-order valence-electron chi connectivity index (χ4n) is 1.31. The highest BCUT2D eigenvalue weighted by Gasteiger charge is 2.01. The Balaban J connectivity index is 1.96. The van der Waals surface area contributed by atoms with Crippen molar-refractivity contribution < 1.29 is 19.1 Å². The molecule has 0 aliphatic heterocycles. The van der Waals surface area contributed by atoms with Gasteiger partial charge >= 0.3 is 5.97 Å². The number of carboxylic acid groups (broad SMARTS) is 1. The zero-order valence-corrected chi connectivity index (χ0v) is 9.42. The molecule has 0 amide bonds. The second kappa shape index (κ2) is 5.60. The van der Waals surface area contributed by atoms with E-state index in [1.54, 1.807) is 12.1 Å². The molecule has 2 rings (SSSR count). The Morgan fingerprint density at radius 3 is 2.72 bits per heavy atom. The molecule has 0 aliphatic carbocycles. The van der Waals surface area contributed by atoms with Crippen LogP contribution in [0.1, 0.15) is 11.5 Å². The van der Waals surface area contributed by atoms with Crippen LogP contribution < -0.4 is 4.74 Å². The van der Waals surface area contributed by atoms with E-state index in [0.717, 1.165) is 5.75 Å². The lowest BCUT2D eigenvalue weighted by atomic mass is 10.3. The van der Waals surface area contributed by atoms with Crippen LogP contribution in [0.3, 0.4) is 0 Å². The molecule has 0 radical (unpaired) electrons. The molecule has 1 N–H and O–H groups in total. The van der Waals surface area contributed by atoms with Crippen molar-refractivity contribution >= 4 is 5.97 Å². The summed E-state index contributed by atoms with van der Waals surface area (Å²) in [4.78, 5) is 10.3. The van der Waals surface area contributed by atoms with E-state index in [4.69, 9.17) is 14.3 Å². The van der Waals surface area contributed by atoms with Crippen molar-refractivity contribution in [2.24, 2.45) is 0 Å². The predicted molar refractivity (Wildman–Crippen MR) is 64.0 cm³/mol. The monoisotopic (exact) mass is 242 g/mol. The minimum atomic E-state index is -1.19. The van der Waals surface area contributed by atoms with E-state index >= 15 is 0 Å². The molecule has 4 heteroatoms. The molecular weight excluding hydrogens is 232 g/mol. The van der Waals surface area contributed by atoms with E-state index in [9.17, 15) is 4.79 Å². The summed E-state index contributed by atoms with van der Waals surface area (Å²) in [5.74, 6) is 4.83. The Labute approximate surface area is 104 Å². The Bertz CT molecular complexity index is 587. The molecule has 18 heavy (non-hydrogen) atoms. The molecular formula is C14H10O4. The largest absolute Gasteiger partial charge is 0.486 e. The van der Waals surface area contributed by atoms with Gasteiger partial charge in [0.05, 0.1) is 0 Å². The third-order valence-electron chi connectivity index (χ3n) is 2.08. The molecule has 0 saturated carbocycles. The van der Waals surface area contributed by atoms with Crippen LogP contribution >= 0.6 is 0 Å². The molecule has 0 saturated heterocycles. The second-order valence-electron chi connectivity index (χ2n) is 3.42. The van der Waals surface area contributed by atoms with Crippen molar-refractivity contribution in [2.45, 2.75) is 6.61 Å². The average molecular weight is 242 g/mol. The van der Waals surface area contributed by atoms with E-state index < -0.39 is 5.97 Å². The molecule has 1 heterocycles. The summed E-state index contributed by atoms with van der Waals surface area (Å²) < 4.78 is 10.8. The van der Waals surface area contributed by atoms with E-state index in [0.29, 0.717) is 11.5 Å². The summed E-state index contributed by atoms with van der Waals surface area (Å²) in [6.45, 7) is 0.277. The van der Waals surface area contributed by atoms with E-state index in [1.807, 2.05) is 36.3 Å². The smallest absolute Gasteiger partial charge is 0.382 e. The van der Waals surface area contributed by atoms with E-state index in [-0.39, 0.29) is 6.61 Å². The van der Waals surface area contributed by atoms with Crippen LogP contribution in [0, 0.1) is 11.8 Å². The van der Waals surface area contributed by atoms with Gasteiger partial charge in [-0.2, -0.15) is 0 Å². The lowest BCUT2D eigenvalue weighted by molar-refractivity contribution is -0.130. The van der Waals surface area contributed by atoms with Gasteiger partial charge in [0.2, 0.25) is 0 Å². The fourth-order valence-corrected chi connectivity index (χ4v) is 1.31. The highest BCUT2D eigenvalue weighted by Crippen LogP contribution is 2.13. The highest BCUT2D eigenvalue weighted by atomic mass is 16.5. The van der Waals surface area contributed by atoms with Crippen LogP contribution in [0.4, 0.5) is 0 Å². The lowest BCUT2D eigenvalue weighted by Gasteiger charge is -2.02. The van der Waals surface area contributed by atoms with Gasteiger partial charge in [0, 0.05) is 5.92 Å². The van der Waals surface area contributed by atoms with Crippen molar-refractivity contribution in [3.63, 3.8) is 0 Å². The molecule has 0 fully saturated rings. The molecule has 0 spiro atoms. The van der Waals surface area contributed by atoms with Crippen LogP contribution in [0.2, 0.25) is 0 Å². The molecule has 0 aliphatic rings. The van der Waals surface area contributed by atoms with Crippen LogP contribution in [0.25, 0.3) is 0 Å². The van der Waals surface area contributed by atoms with Gasteiger partial charge in [-0.15, -0.1) is 0 Å². The van der Waals surface area contributed by atoms with Crippen molar-refractivity contribution in [1.29, 1.82) is 0 Å². The quantitative estimate of drug-likeness (QED) is 0.839. The van der Waals surface area contributed by atoms with Gasteiger partial charge in [0.1, 0.15) is 18.1 Å². The summed E-state index contributed by atoms with van der Waals surface area (Å²) in [7, 11) is 0. The van der Waals surface area contributed by atoms with Crippen LogP contribution in [-0.2, 0) is 11.4 Å². The topological polar surface area (TPSA) is 59.7 Å². The number of ether oxygens (including phenoxy) is 1. The number of furan rings is 1. The van der Waals surface area contributed by atoms with Gasteiger partial charge in [0.15, 0.2) is 5.76 Å². The normalized spacial score (nSPS) is 9.33. The number of benzene rings is 1. The third kappa shape index (κ3) is 3.42. The summed E-state index contributed by atoms with van der Waals surface area (Å²) in [6.07, 6.45) is 0. The summed E-state index contributed by atoms with van der Waals surface area (Å²) in [6, 6.07) is 12.7. The van der Waals surface area contributed by atoms with Gasteiger partial charge in [-0.3, -0.25) is 0 Å². The Kier molecular flexibility index (Phi) is 3.67. The molecule has 0 atom stereocenters. The molecule has 4 nitrogen and oxygen atoms in total. The first-order valence-electron chi connectivity index (χ1n) is 5.25. The lowest BCUT2D eigenvalue weighted by Crippen LogP contribution is -1.92. The van der Waals surface area contributed by atoms with Crippen molar-refractivity contribution in [3.05, 3.63) is 54.0 Å². The maximum Gasteiger partial charge on any atom is 0.382 e. The van der Waals surface area contributed by atoms with Gasteiger partial charge in [0.25, 0.3) is 0 Å². The predicted octanol–water partition coefficient (Wildman–Crippen LogP) is 2.29. The number of hydrogen-bond acceptors (Lipinski definition) is 3. The van der Waals surface area contributed by atoms with Gasteiger partial charge < -0.3 is 14.3 Å².